The van der Waals surface area contributed by atoms with Gasteiger partial charge in [-0.2, -0.15) is 0 Å². The second-order valence-corrected chi connectivity index (χ2v) is 12.2. The molecule has 3 N–H and O–H groups in total. The summed E-state index contributed by atoms with van der Waals surface area (Å²) in [5.74, 6) is 0.266. The highest BCUT2D eigenvalue weighted by atomic mass is 35.5. The molecule has 1 amide bonds. The van der Waals surface area contributed by atoms with Crippen LogP contribution in [0.4, 0.5) is 0 Å². The fraction of sp³-hybridized carbons (Fsp3) is 0.250. The minimum absolute atomic E-state index is 0.0962. The molecule has 0 spiro atoms. The van der Waals surface area contributed by atoms with Crippen LogP contribution in [-0.4, -0.2) is 60.2 Å². The van der Waals surface area contributed by atoms with Crippen LogP contribution in [0.15, 0.2) is 73.1 Å². The standard InChI is InChI=1S/C36H34Cl2N6O4/c1-47-33(46)20-39-15-21-13-23-18-42-31(14-30(23)41-16-21)28-8-4-6-26(35(28)38)25-5-3-7-27(34(25)37)29-11-9-22(36(44-29)48-2)17-40-19-24-10-12-32(45)43-24/h3-9,11,13-14,16,18,24,39-40H,10,12,15,17,19-20H2,1-2H3,(H,43,45). The number of halogens is 2. The van der Waals surface area contributed by atoms with Gasteiger partial charge in [-0.1, -0.05) is 65.7 Å². The van der Waals surface area contributed by atoms with Crippen molar-refractivity contribution in [2.45, 2.75) is 32.0 Å². The van der Waals surface area contributed by atoms with E-state index in [9.17, 15) is 9.59 Å². The number of esters is 1. The van der Waals surface area contributed by atoms with Crippen LogP contribution in [0.1, 0.15) is 24.0 Å². The zero-order valence-electron chi connectivity index (χ0n) is 26.5. The van der Waals surface area contributed by atoms with E-state index < -0.39 is 0 Å². The Morgan fingerprint density at radius 3 is 2.31 bits per heavy atom. The summed E-state index contributed by atoms with van der Waals surface area (Å²) in [4.78, 5) is 37.0. The molecule has 1 unspecified atom stereocenters. The largest absolute Gasteiger partial charge is 0.481 e. The summed E-state index contributed by atoms with van der Waals surface area (Å²) >= 11 is 14.1. The number of ether oxygens (including phenoxy) is 2. The Bertz CT molecular complexity index is 1990. The van der Waals surface area contributed by atoms with E-state index in [1.807, 2.05) is 60.7 Å². The first-order valence-electron chi connectivity index (χ1n) is 15.5. The Labute approximate surface area is 288 Å². The lowest BCUT2D eigenvalue weighted by atomic mass is 9.98. The van der Waals surface area contributed by atoms with Gasteiger partial charge in [0.05, 0.1) is 47.7 Å². The number of nitrogens with one attached hydrogen (secondary N) is 3. The number of fused-ring (bicyclic) bond motifs is 1. The Balaban J connectivity index is 1.23. The lowest BCUT2D eigenvalue weighted by Crippen LogP contribution is -2.35. The third-order valence-electron chi connectivity index (χ3n) is 8.21. The Hall–Kier alpha value is -4.61. The molecule has 5 aromatic rings. The van der Waals surface area contributed by atoms with E-state index in [4.69, 9.17) is 37.9 Å². The van der Waals surface area contributed by atoms with Crippen molar-refractivity contribution in [2.24, 2.45) is 0 Å². The van der Waals surface area contributed by atoms with Crippen molar-refractivity contribution < 1.29 is 19.1 Å². The number of nitrogens with zero attached hydrogens (tertiary/aromatic N) is 3. The maximum absolute atomic E-state index is 11.5. The van der Waals surface area contributed by atoms with Gasteiger partial charge >= 0.3 is 5.97 Å². The number of amides is 1. The summed E-state index contributed by atoms with van der Waals surface area (Å²) in [5, 5.41) is 11.3. The smallest absolute Gasteiger partial charge is 0.319 e. The molecule has 12 heteroatoms. The molecule has 48 heavy (non-hydrogen) atoms. The summed E-state index contributed by atoms with van der Waals surface area (Å²) < 4.78 is 10.3. The lowest BCUT2D eigenvalue weighted by Gasteiger charge is -2.15. The molecule has 1 saturated heterocycles. The number of hydrogen-bond donors (Lipinski definition) is 3. The van der Waals surface area contributed by atoms with Gasteiger partial charge < -0.3 is 25.4 Å². The van der Waals surface area contributed by atoms with E-state index >= 15 is 0 Å². The van der Waals surface area contributed by atoms with Gasteiger partial charge in [-0.05, 0) is 30.2 Å². The van der Waals surface area contributed by atoms with Gasteiger partial charge in [0.2, 0.25) is 11.8 Å². The zero-order chi connectivity index (χ0) is 33.6. The molecule has 1 fully saturated rings. The summed E-state index contributed by atoms with van der Waals surface area (Å²) in [6.45, 7) is 1.81. The molecule has 246 valence electrons. The third-order valence-corrected chi connectivity index (χ3v) is 9.03. The molecule has 0 saturated carbocycles. The molecule has 10 nitrogen and oxygen atoms in total. The third kappa shape index (κ3) is 7.42. The number of rotatable bonds is 12. The van der Waals surface area contributed by atoms with Crippen LogP contribution in [0.25, 0.3) is 44.5 Å². The van der Waals surface area contributed by atoms with Gasteiger partial charge in [0.1, 0.15) is 0 Å². The van der Waals surface area contributed by atoms with Crippen LogP contribution < -0.4 is 20.7 Å². The highest BCUT2D eigenvalue weighted by Crippen LogP contribution is 2.42. The number of carbonyl (C=O) groups is 2. The Kier molecular flexibility index (Phi) is 10.5. The highest BCUT2D eigenvalue weighted by molar-refractivity contribution is 6.39. The second kappa shape index (κ2) is 15.1. The summed E-state index contributed by atoms with van der Waals surface area (Å²) in [5.41, 5.74) is 6.94. The van der Waals surface area contributed by atoms with Crippen LogP contribution in [0.2, 0.25) is 10.0 Å². The molecule has 6 rings (SSSR count). The monoisotopic (exact) mass is 684 g/mol. The summed E-state index contributed by atoms with van der Waals surface area (Å²) in [6, 6.07) is 19.5. The van der Waals surface area contributed by atoms with Crippen LogP contribution in [0.3, 0.4) is 0 Å². The van der Waals surface area contributed by atoms with E-state index in [-0.39, 0.29) is 24.5 Å². The van der Waals surface area contributed by atoms with Crippen LogP contribution in [0, 0.1) is 0 Å². The Morgan fingerprint density at radius 1 is 0.896 bits per heavy atom. The predicted molar refractivity (Wildman–Crippen MR) is 187 cm³/mol. The Morgan fingerprint density at radius 2 is 1.62 bits per heavy atom. The van der Waals surface area contributed by atoms with Crippen molar-refractivity contribution >= 4 is 46.0 Å². The molecule has 0 radical (unpaired) electrons. The van der Waals surface area contributed by atoms with Gasteiger partial charge in [-0.15, -0.1) is 0 Å². The van der Waals surface area contributed by atoms with Crippen molar-refractivity contribution in [3.05, 3.63) is 94.2 Å². The average molecular weight is 686 g/mol. The normalized spacial score (nSPS) is 14.2. The van der Waals surface area contributed by atoms with Crippen molar-refractivity contribution in [1.29, 1.82) is 0 Å². The maximum atomic E-state index is 11.5. The molecule has 4 heterocycles. The van der Waals surface area contributed by atoms with Crippen molar-refractivity contribution in [2.75, 3.05) is 27.3 Å². The molecular weight excluding hydrogens is 651 g/mol. The van der Waals surface area contributed by atoms with Crippen molar-refractivity contribution in [3.8, 4) is 39.5 Å². The molecular formula is C36H34Cl2N6O4. The average Bonchev–Trinajstić information content (AvgIpc) is 3.53. The number of carbonyl (C=O) groups excluding carboxylic acids is 2. The van der Waals surface area contributed by atoms with E-state index in [1.54, 1.807) is 19.5 Å². The van der Waals surface area contributed by atoms with Crippen molar-refractivity contribution in [3.63, 3.8) is 0 Å². The quantitative estimate of drug-likeness (QED) is 0.136. The first-order chi connectivity index (χ1) is 23.3. The zero-order valence-corrected chi connectivity index (χ0v) is 28.0. The number of methoxy groups -OCH3 is 2. The van der Waals surface area contributed by atoms with Crippen LogP contribution in [0.5, 0.6) is 5.88 Å². The van der Waals surface area contributed by atoms with E-state index in [0.29, 0.717) is 53.4 Å². The minimum atomic E-state index is -0.328. The van der Waals surface area contributed by atoms with E-state index in [0.717, 1.165) is 50.7 Å². The molecule has 0 bridgehead atoms. The first-order valence-corrected chi connectivity index (χ1v) is 16.2. The van der Waals surface area contributed by atoms with Gasteiger partial charge in [0.25, 0.3) is 0 Å². The topological polar surface area (TPSA) is 127 Å². The SMILES string of the molecule is COC(=O)CNCc1cnc2cc(-c3cccc(-c4cccc(-c5ccc(CNCC6CCC(=O)N6)c(OC)n5)c4Cl)c3Cl)ncc2c1. The predicted octanol–water partition coefficient (Wildman–Crippen LogP) is 5.97. The molecule has 3 aromatic heterocycles. The van der Waals surface area contributed by atoms with E-state index in [2.05, 4.69) is 25.7 Å². The van der Waals surface area contributed by atoms with Gasteiger partial charge in [0, 0.05) is 77.7 Å². The van der Waals surface area contributed by atoms with Gasteiger partial charge in [-0.3, -0.25) is 19.6 Å². The molecule has 2 aromatic carbocycles. The number of benzene rings is 2. The molecule has 1 aliphatic heterocycles. The molecule has 1 aliphatic rings. The fourth-order valence-electron chi connectivity index (χ4n) is 5.71. The van der Waals surface area contributed by atoms with Crippen molar-refractivity contribution in [1.82, 2.24) is 30.9 Å². The second-order valence-electron chi connectivity index (χ2n) is 11.4. The van der Waals surface area contributed by atoms with Gasteiger partial charge in [-0.25, -0.2) is 4.98 Å². The lowest BCUT2D eigenvalue weighted by molar-refractivity contribution is -0.139. The number of aromatic nitrogens is 3. The van der Waals surface area contributed by atoms with E-state index in [1.165, 1.54) is 7.11 Å². The maximum Gasteiger partial charge on any atom is 0.319 e. The minimum Gasteiger partial charge on any atom is -0.481 e. The van der Waals surface area contributed by atoms with Crippen LogP contribution in [-0.2, 0) is 27.4 Å². The van der Waals surface area contributed by atoms with Gasteiger partial charge in [0.15, 0.2) is 0 Å². The number of hydrogen-bond acceptors (Lipinski definition) is 9. The highest BCUT2D eigenvalue weighted by Gasteiger charge is 2.21. The number of pyridine rings is 3. The van der Waals surface area contributed by atoms with Crippen LogP contribution >= 0.6 is 23.2 Å². The fourth-order valence-corrected chi connectivity index (χ4v) is 6.36. The summed E-state index contributed by atoms with van der Waals surface area (Å²) in [7, 11) is 2.95. The first kappa shape index (κ1) is 33.3. The molecule has 1 atom stereocenters. The molecule has 0 aliphatic carbocycles. The summed E-state index contributed by atoms with van der Waals surface area (Å²) in [6.07, 6.45) is 4.94.